The molecule has 0 spiro atoms. The van der Waals surface area contributed by atoms with E-state index in [1.54, 1.807) is 37.3 Å². The van der Waals surface area contributed by atoms with E-state index in [0.29, 0.717) is 70.1 Å². The fraction of sp³-hybridized carbons (Fsp3) is 0.0857. The van der Waals surface area contributed by atoms with E-state index in [1.807, 2.05) is 60.7 Å². The molecule has 0 amide bonds. The maximum absolute atomic E-state index is 12.5. The summed E-state index contributed by atoms with van der Waals surface area (Å²) in [6.07, 6.45) is 6.67. The van der Waals surface area contributed by atoms with Gasteiger partial charge >= 0.3 is 0 Å². The van der Waals surface area contributed by atoms with Gasteiger partial charge in [-0.15, -0.1) is 4.33 Å². The average molecular weight is 811 g/mol. The molecule has 4 N–H and O–H groups in total. The maximum atomic E-state index is 12.5. The Balaban J connectivity index is 0.00000523. The van der Waals surface area contributed by atoms with Crippen molar-refractivity contribution in [3.63, 3.8) is 0 Å². The minimum atomic E-state index is -4.66. The van der Waals surface area contributed by atoms with Crippen LogP contribution in [0.2, 0.25) is 0 Å². The third-order valence-electron chi connectivity index (χ3n) is 7.19. The number of aromatic nitrogens is 6. The van der Waals surface area contributed by atoms with Gasteiger partial charge in [-0.3, -0.25) is 4.55 Å². The first-order chi connectivity index (χ1) is 24.7. The molecule has 2 aromatic heterocycles. The molecule has 6 aromatic rings. The number of hydrogen-bond donors (Lipinski definition) is 4. The molecule has 0 fully saturated rings. The van der Waals surface area contributed by atoms with E-state index in [2.05, 4.69) is 51.9 Å². The summed E-state index contributed by atoms with van der Waals surface area (Å²) >= 11 is 0.714. The van der Waals surface area contributed by atoms with Crippen molar-refractivity contribution in [3.8, 4) is 0 Å². The normalized spacial score (nSPS) is 11.3. The van der Waals surface area contributed by atoms with Gasteiger partial charge in [0.15, 0.2) is 0 Å². The number of nitrogens with zero attached hydrogens (tertiary/aromatic N) is 6. The molecule has 0 aliphatic heterocycles. The van der Waals surface area contributed by atoms with Crippen LogP contribution in [-0.2, 0) is 65.0 Å². The predicted molar refractivity (Wildman–Crippen MR) is 191 cm³/mol. The van der Waals surface area contributed by atoms with E-state index in [4.69, 9.17) is 9.59 Å². The summed E-state index contributed by atoms with van der Waals surface area (Å²) in [6.45, 7) is 1.78. The van der Waals surface area contributed by atoms with Crippen LogP contribution in [0.15, 0.2) is 107 Å². The molecule has 2 heterocycles. The number of benzene rings is 4. The van der Waals surface area contributed by atoms with Gasteiger partial charge < -0.3 is 25.6 Å². The first-order valence-corrected chi connectivity index (χ1v) is 17.4. The van der Waals surface area contributed by atoms with Crippen molar-refractivity contribution in [2.24, 2.45) is 0 Å². The first kappa shape index (κ1) is 38.7. The topological polar surface area (TPSA) is 194 Å². The van der Waals surface area contributed by atoms with Crippen LogP contribution in [0.4, 0.5) is 23.3 Å². The Kier molecular flexibility index (Phi) is 13.6. The summed E-state index contributed by atoms with van der Waals surface area (Å²) in [5.74, 6) is 2.09. The minimum Gasteiger partial charge on any atom is -0.378 e. The van der Waals surface area contributed by atoms with Crippen molar-refractivity contribution in [2.75, 3.05) is 10.6 Å². The second kappa shape index (κ2) is 18.3. The number of anilines is 4. The fourth-order valence-corrected chi connectivity index (χ4v) is 6.17. The van der Waals surface area contributed by atoms with Crippen molar-refractivity contribution in [2.45, 2.75) is 29.6 Å². The van der Waals surface area contributed by atoms with Gasteiger partial charge in [0.2, 0.25) is 5.95 Å². The van der Waals surface area contributed by atoms with E-state index in [1.165, 1.54) is 18.2 Å². The zero-order valence-electron chi connectivity index (χ0n) is 27.4. The van der Waals surface area contributed by atoms with E-state index in [-0.39, 0.29) is 49.1 Å². The number of nitrogens with one attached hydrogen (secondary N) is 2. The van der Waals surface area contributed by atoms with Gasteiger partial charge in [-0.25, -0.2) is 10.2 Å². The van der Waals surface area contributed by atoms with Crippen LogP contribution >= 0.6 is 12.0 Å². The molecule has 0 aliphatic carbocycles. The van der Waals surface area contributed by atoms with Gasteiger partial charge in [0.25, 0.3) is 10.1 Å². The smallest absolute Gasteiger partial charge is 0.295 e. The summed E-state index contributed by atoms with van der Waals surface area (Å²) < 4.78 is 39.7. The third kappa shape index (κ3) is 11.0. The Hall–Kier alpha value is -4.52. The summed E-state index contributed by atoms with van der Waals surface area (Å²) in [7, 11) is -4.66. The SMILES string of the molecule is Cc1nc(Cc2ccccc2)nc(Nc2ccc(/C=C/c3ccc(Nc4n[c-]nc(Cc5ccccc5)n4)cc3S(=O)(=O)O)c(SOOO)c2)n1.[Y]. The zero-order chi connectivity index (χ0) is 35.6. The van der Waals surface area contributed by atoms with Gasteiger partial charge in [0, 0.05) is 67.6 Å². The number of rotatable bonds is 14. The van der Waals surface area contributed by atoms with Gasteiger partial charge in [-0.05, 0) is 54.3 Å². The Morgan fingerprint density at radius 1 is 0.750 bits per heavy atom. The third-order valence-corrected chi connectivity index (χ3v) is 8.76. The summed E-state index contributed by atoms with van der Waals surface area (Å²) in [4.78, 5) is 26.0. The second-order valence-electron chi connectivity index (χ2n) is 10.9. The molecular formula is C35H29N8O6S2Y-. The van der Waals surface area contributed by atoms with Crippen molar-refractivity contribution in [1.29, 1.82) is 0 Å². The van der Waals surface area contributed by atoms with E-state index in [9.17, 15) is 13.0 Å². The molecule has 0 saturated carbocycles. The summed E-state index contributed by atoms with van der Waals surface area (Å²) in [5.41, 5.74) is 3.72. The van der Waals surface area contributed by atoms with Gasteiger partial charge in [-0.2, -0.15) is 18.4 Å². The first-order valence-electron chi connectivity index (χ1n) is 15.2. The number of hydrogen-bond acceptors (Lipinski definition) is 14. The summed E-state index contributed by atoms with van der Waals surface area (Å²) in [5, 5.41) is 18.8. The van der Waals surface area contributed by atoms with Crippen LogP contribution in [0.5, 0.6) is 0 Å². The molecule has 6 rings (SSSR count). The molecular weight excluding hydrogens is 781 g/mol. The van der Waals surface area contributed by atoms with Crippen LogP contribution in [0.1, 0.15) is 39.7 Å². The fourth-order valence-electron chi connectivity index (χ4n) is 4.95. The monoisotopic (exact) mass is 810 g/mol. The Morgan fingerprint density at radius 2 is 1.35 bits per heavy atom. The molecule has 52 heavy (non-hydrogen) atoms. The Labute approximate surface area is 328 Å². The molecule has 0 aliphatic rings. The van der Waals surface area contributed by atoms with Gasteiger partial charge in [-0.1, -0.05) is 95.6 Å². The molecule has 0 saturated heterocycles. The molecule has 1 radical (unpaired) electrons. The molecule has 4 aromatic carbocycles. The van der Waals surface area contributed by atoms with Crippen molar-refractivity contribution >= 4 is 57.6 Å². The van der Waals surface area contributed by atoms with Gasteiger partial charge in [0.1, 0.15) is 22.5 Å². The van der Waals surface area contributed by atoms with Crippen LogP contribution in [-0.4, -0.2) is 48.1 Å². The van der Waals surface area contributed by atoms with E-state index >= 15 is 0 Å². The molecule has 14 nitrogen and oxygen atoms in total. The quantitative estimate of drug-likeness (QED) is 0.0227. The standard InChI is InChI=1S/C35H29N8O6S2.Y/c1-23-38-33(19-25-10-6-3-7-11-25)43-35(39-23)41-28-16-14-26(30(20-28)50-49-48-44)12-13-27-15-17-29(21-31(27)51(45,46)47)40-34-37-22-36-32(42-34)18-24-8-4-2-5-9-24;/h2-17,20-21,44H,18-19H2,1H3,(H,45,46,47)(H,36,37,40,42)(H,38,39,41,43);/q-1;/b13-12+;. The zero-order valence-corrected chi connectivity index (χ0v) is 31.9. The van der Waals surface area contributed by atoms with Crippen LogP contribution in [0, 0.1) is 13.3 Å². The van der Waals surface area contributed by atoms with Crippen LogP contribution in [0.25, 0.3) is 12.2 Å². The largest absolute Gasteiger partial charge is 0.378 e. The second-order valence-corrected chi connectivity index (χ2v) is 13.0. The van der Waals surface area contributed by atoms with E-state index in [0.717, 1.165) is 11.1 Å². The molecule has 17 heteroatoms. The number of aryl methyl sites for hydroxylation is 1. The van der Waals surface area contributed by atoms with Crippen molar-refractivity contribution in [3.05, 3.63) is 143 Å². The van der Waals surface area contributed by atoms with Crippen LogP contribution in [0.3, 0.4) is 0 Å². The molecule has 0 atom stereocenters. The average Bonchev–Trinajstić information content (AvgIpc) is 3.11. The predicted octanol–water partition coefficient (Wildman–Crippen LogP) is 6.68. The maximum Gasteiger partial charge on any atom is 0.295 e. The molecule has 0 unspecified atom stereocenters. The van der Waals surface area contributed by atoms with Crippen molar-refractivity contribution in [1.82, 2.24) is 29.9 Å². The van der Waals surface area contributed by atoms with Crippen LogP contribution < -0.4 is 10.6 Å². The molecule has 0 bridgehead atoms. The van der Waals surface area contributed by atoms with Gasteiger partial charge in [0.05, 0.1) is 12.0 Å². The minimum absolute atomic E-state index is 0. The summed E-state index contributed by atoms with van der Waals surface area (Å²) in [6, 6.07) is 29.1. The molecule has 261 valence electrons. The Bertz CT molecular complexity index is 2270. The van der Waals surface area contributed by atoms with E-state index < -0.39 is 10.1 Å². The van der Waals surface area contributed by atoms with Crippen molar-refractivity contribution < 1.29 is 60.3 Å². The Morgan fingerprint density at radius 3 is 2.02 bits per heavy atom.